The maximum absolute atomic E-state index is 12.7. The molecular formula is C7H6FNO3S. The molecule has 0 heterocycles. The lowest BCUT2D eigenvalue weighted by molar-refractivity contribution is 0.613. The van der Waals surface area contributed by atoms with Crippen molar-refractivity contribution in [1.82, 2.24) is 0 Å². The summed E-state index contributed by atoms with van der Waals surface area (Å²) in [7, 11) is -2.57. The van der Waals surface area contributed by atoms with E-state index in [1.54, 1.807) is 0 Å². The zero-order valence-corrected chi connectivity index (χ0v) is 7.33. The van der Waals surface area contributed by atoms with E-state index in [0.717, 1.165) is 12.1 Å². The molecule has 1 rings (SSSR count). The molecular weight excluding hydrogens is 197 g/mol. The van der Waals surface area contributed by atoms with Crippen LogP contribution in [0.4, 0.5) is 10.1 Å². The van der Waals surface area contributed by atoms with Gasteiger partial charge in [0.1, 0.15) is 16.4 Å². The van der Waals surface area contributed by atoms with Crippen molar-refractivity contribution in [2.45, 2.75) is 5.75 Å². The van der Waals surface area contributed by atoms with Crippen LogP contribution in [0.3, 0.4) is 0 Å². The van der Waals surface area contributed by atoms with E-state index in [2.05, 4.69) is 5.18 Å². The molecule has 0 aliphatic rings. The van der Waals surface area contributed by atoms with Crippen LogP contribution in [-0.2, 0) is 16.5 Å². The number of thiol groups is 1. The Morgan fingerprint density at radius 3 is 2.62 bits per heavy atom. The molecule has 0 radical (unpaired) electrons. The molecule has 70 valence electrons. The number of halogens is 1. The maximum Gasteiger partial charge on any atom is 0.152 e. The highest BCUT2D eigenvalue weighted by Gasteiger charge is 2.03. The summed E-state index contributed by atoms with van der Waals surface area (Å²) in [5.41, 5.74) is -0.0125. The van der Waals surface area contributed by atoms with Gasteiger partial charge in [-0.1, -0.05) is 6.07 Å². The van der Waals surface area contributed by atoms with Gasteiger partial charge in [0.25, 0.3) is 0 Å². The van der Waals surface area contributed by atoms with Crippen LogP contribution >= 0.6 is 0 Å². The van der Waals surface area contributed by atoms with Crippen molar-refractivity contribution in [3.63, 3.8) is 0 Å². The average molecular weight is 203 g/mol. The van der Waals surface area contributed by atoms with Crippen LogP contribution in [0.25, 0.3) is 0 Å². The minimum atomic E-state index is -2.57. The molecule has 4 nitrogen and oxygen atoms in total. The maximum atomic E-state index is 12.7. The van der Waals surface area contributed by atoms with Crippen LogP contribution in [0.5, 0.6) is 0 Å². The molecule has 0 N–H and O–H groups in total. The first-order valence-electron chi connectivity index (χ1n) is 3.37. The molecule has 0 atom stereocenters. The standard InChI is InChI=1S/C7H6FNO3S/c8-6-2-1-5(4-13(11)12)3-7(6)9-10/h1-3,13H,4H2. The Labute approximate surface area is 75.3 Å². The molecule has 0 aromatic heterocycles. The summed E-state index contributed by atoms with van der Waals surface area (Å²) in [6, 6.07) is 3.44. The second-order valence-corrected chi connectivity index (χ2v) is 3.35. The van der Waals surface area contributed by atoms with Gasteiger partial charge in [0, 0.05) is 0 Å². The zero-order valence-electron chi connectivity index (χ0n) is 6.44. The van der Waals surface area contributed by atoms with Gasteiger partial charge in [-0.2, -0.15) is 0 Å². The second-order valence-electron chi connectivity index (χ2n) is 2.37. The lowest BCUT2D eigenvalue weighted by Crippen LogP contribution is -1.87. The molecule has 0 bridgehead atoms. The van der Waals surface area contributed by atoms with Crippen molar-refractivity contribution in [3.8, 4) is 0 Å². The van der Waals surface area contributed by atoms with Gasteiger partial charge in [-0.3, -0.25) is 0 Å². The van der Waals surface area contributed by atoms with Crippen LogP contribution in [0.1, 0.15) is 5.56 Å². The Balaban J connectivity index is 3.05. The third-order valence-corrected chi connectivity index (χ3v) is 2.04. The first kappa shape index (κ1) is 9.79. The number of hydrogen-bond acceptors (Lipinski definition) is 4. The fourth-order valence-corrected chi connectivity index (χ4v) is 1.37. The van der Waals surface area contributed by atoms with Gasteiger partial charge in [-0.25, -0.2) is 12.8 Å². The molecule has 0 unspecified atom stereocenters. The van der Waals surface area contributed by atoms with Crippen molar-refractivity contribution in [1.29, 1.82) is 0 Å². The fraction of sp³-hybridized carbons (Fsp3) is 0.143. The predicted molar refractivity (Wildman–Crippen MR) is 45.9 cm³/mol. The van der Waals surface area contributed by atoms with Crippen LogP contribution in [0, 0.1) is 10.7 Å². The largest absolute Gasteiger partial charge is 0.232 e. The van der Waals surface area contributed by atoms with Gasteiger partial charge in [0.2, 0.25) is 0 Å². The van der Waals surface area contributed by atoms with E-state index in [0.29, 0.717) is 5.56 Å². The molecule has 0 fully saturated rings. The molecule has 0 saturated heterocycles. The quantitative estimate of drug-likeness (QED) is 0.595. The van der Waals surface area contributed by atoms with E-state index in [-0.39, 0.29) is 11.4 Å². The SMILES string of the molecule is O=Nc1cc(C[SH](=O)=O)ccc1F. The number of rotatable bonds is 3. The lowest BCUT2D eigenvalue weighted by atomic mass is 10.2. The van der Waals surface area contributed by atoms with Crippen LogP contribution in [-0.4, -0.2) is 8.42 Å². The number of nitroso groups, excluding NO2 is 1. The third kappa shape index (κ3) is 2.59. The molecule has 6 heteroatoms. The van der Waals surface area contributed by atoms with E-state index >= 15 is 0 Å². The minimum absolute atomic E-state index is 0.210. The summed E-state index contributed by atoms with van der Waals surface area (Å²) in [5.74, 6) is -0.960. The van der Waals surface area contributed by atoms with E-state index in [1.165, 1.54) is 6.07 Å². The van der Waals surface area contributed by atoms with Crippen molar-refractivity contribution in [3.05, 3.63) is 34.5 Å². The topological polar surface area (TPSA) is 63.6 Å². The minimum Gasteiger partial charge on any atom is -0.232 e. The molecule has 0 aliphatic heterocycles. The summed E-state index contributed by atoms with van der Waals surface area (Å²) in [6.45, 7) is 0. The summed E-state index contributed by atoms with van der Waals surface area (Å²) >= 11 is 0. The van der Waals surface area contributed by atoms with Crippen molar-refractivity contribution in [2.24, 2.45) is 5.18 Å². The first-order chi connectivity index (χ1) is 6.13. The van der Waals surface area contributed by atoms with E-state index < -0.39 is 16.5 Å². The highest BCUT2D eigenvalue weighted by atomic mass is 32.2. The first-order valence-corrected chi connectivity index (χ1v) is 4.73. The molecule has 1 aromatic carbocycles. The monoisotopic (exact) mass is 203 g/mol. The smallest absolute Gasteiger partial charge is 0.152 e. The number of nitrogens with zero attached hydrogens (tertiary/aromatic N) is 1. The second kappa shape index (κ2) is 4.08. The van der Waals surface area contributed by atoms with Crippen molar-refractivity contribution >= 4 is 16.4 Å². The highest BCUT2D eigenvalue weighted by molar-refractivity contribution is 7.71. The summed E-state index contributed by atoms with van der Waals surface area (Å²) in [4.78, 5) is 10.0. The van der Waals surface area contributed by atoms with Crippen molar-refractivity contribution < 1.29 is 12.8 Å². The summed E-state index contributed by atoms with van der Waals surface area (Å²) < 4.78 is 33.2. The van der Waals surface area contributed by atoms with E-state index in [4.69, 9.17) is 0 Å². The fourth-order valence-electron chi connectivity index (χ4n) is 0.876. The van der Waals surface area contributed by atoms with Gasteiger partial charge < -0.3 is 0 Å². The Morgan fingerprint density at radius 2 is 2.08 bits per heavy atom. The lowest BCUT2D eigenvalue weighted by Gasteiger charge is -1.96. The summed E-state index contributed by atoms with van der Waals surface area (Å²) in [6.07, 6.45) is 0. The molecule has 0 spiro atoms. The normalized spacial score (nSPS) is 10.3. The third-order valence-electron chi connectivity index (χ3n) is 1.42. The molecule has 0 saturated carbocycles. The van der Waals surface area contributed by atoms with Crippen LogP contribution in [0.2, 0.25) is 0 Å². The number of benzene rings is 1. The Morgan fingerprint density at radius 1 is 1.38 bits per heavy atom. The molecule has 0 amide bonds. The average Bonchev–Trinajstić information content (AvgIpc) is 2.07. The van der Waals surface area contributed by atoms with Gasteiger partial charge >= 0.3 is 0 Å². The van der Waals surface area contributed by atoms with Crippen LogP contribution in [0.15, 0.2) is 23.4 Å². The molecule has 1 aromatic rings. The van der Waals surface area contributed by atoms with E-state index in [9.17, 15) is 17.7 Å². The van der Waals surface area contributed by atoms with Crippen LogP contribution < -0.4 is 0 Å². The molecule has 13 heavy (non-hydrogen) atoms. The Hall–Kier alpha value is -1.30. The predicted octanol–water partition coefficient (Wildman–Crippen LogP) is 1.34. The van der Waals surface area contributed by atoms with Gasteiger partial charge in [0.05, 0.1) is 5.75 Å². The van der Waals surface area contributed by atoms with Gasteiger partial charge in [-0.05, 0) is 22.9 Å². The van der Waals surface area contributed by atoms with Gasteiger partial charge in [-0.15, -0.1) is 4.91 Å². The molecule has 0 aliphatic carbocycles. The Bertz CT molecular complexity index is 395. The number of hydrogen-bond donors (Lipinski definition) is 1. The Kier molecular flexibility index (Phi) is 3.07. The zero-order chi connectivity index (χ0) is 9.84. The van der Waals surface area contributed by atoms with E-state index in [1.807, 2.05) is 0 Å². The van der Waals surface area contributed by atoms with Crippen molar-refractivity contribution in [2.75, 3.05) is 0 Å². The summed E-state index contributed by atoms with van der Waals surface area (Å²) in [5, 5.41) is 2.42. The van der Waals surface area contributed by atoms with Gasteiger partial charge in [0.15, 0.2) is 5.82 Å². The highest BCUT2D eigenvalue weighted by Crippen LogP contribution is 2.19.